The van der Waals surface area contributed by atoms with E-state index < -0.39 is 0 Å². The summed E-state index contributed by atoms with van der Waals surface area (Å²) >= 11 is 0. The van der Waals surface area contributed by atoms with E-state index in [0.29, 0.717) is 12.6 Å². The largest absolute Gasteiger partial charge is 0.494 e. The number of nitrogens with one attached hydrogen (secondary N) is 1. The third kappa shape index (κ3) is 2.31. The first-order chi connectivity index (χ1) is 9.83. The van der Waals surface area contributed by atoms with Gasteiger partial charge in [-0.25, -0.2) is 4.68 Å². The van der Waals surface area contributed by atoms with Crippen LogP contribution < -0.4 is 10.1 Å². The van der Waals surface area contributed by atoms with E-state index in [2.05, 4.69) is 27.2 Å². The molecule has 0 amide bonds. The van der Waals surface area contributed by atoms with Crippen LogP contribution in [0.4, 0.5) is 0 Å². The van der Waals surface area contributed by atoms with Crippen LogP contribution in [0.2, 0.25) is 0 Å². The SMILES string of the molecule is CCOc1ccc(-n2ncc3c2CCCC3NC)cc1. The second-order valence-electron chi connectivity index (χ2n) is 5.12. The highest BCUT2D eigenvalue weighted by Gasteiger charge is 2.23. The van der Waals surface area contributed by atoms with Gasteiger partial charge in [-0.05, 0) is 57.5 Å². The smallest absolute Gasteiger partial charge is 0.119 e. The van der Waals surface area contributed by atoms with Gasteiger partial charge in [-0.1, -0.05) is 0 Å². The molecule has 0 saturated carbocycles. The molecule has 20 heavy (non-hydrogen) atoms. The van der Waals surface area contributed by atoms with Crippen LogP contribution in [0.1, 0.15) is 37.1 Å². The first-order valence-corrected chi connectivity index (χ1v) is 7.30. The monoisotopic (exact) mass is 271 g/mol. The molecule has 4 nitrogen and oxygen atoms in total. The topological polar surface area (TPSA) is 39.1 Å². The molecule has 106 valence electrons. The maximum absolute atomic E-state index is 5.49. The van der Waals surface area contributed by atoms with Gasteiger partial charge in [0.2, 0.25) is 0 Å². The van der Waals surface area contributed by atoms with Crippen molar-refractivity contribution in [2.45, 2.75) is 32.2 Å². The fourth-order valence-corrected chi connectivity index (χ4v) is 2.93. The van der Waals surface area contributed by atoms with Crippen molar-refractivity contribution in [3.8, 4) is 11.4 Å². The van der Waals surface area contributed by atoms with Crippen molar-refractivity contribution < 1.29 is 4.74 Å². The number of fused-ring (bicyclic) bond motifs is 1. The maximum atomic E-state index is 5.49. The van der Waals surface area contributed by atoms with Gasteiger partial charge in [-0.2, -0.15) is 5.10 Å². The number of benzene rings is 1. The molecular weight excluding hydrogens is 250 g/mol. The zero-order valence-electron chi connectivity index (χ0n) is 12.1. The predicted octanol–water partition coefficient (Wildman–Crippen LogP) is 2.87. The van der Waals surface area contributed by atoms with Gasteiger partial charge >= 0.3 is 0 Å². The standard InChI is InChI=1S/C16H21N3O/c1-3-20-13-9-7-12(8-10-13)19-16-6-4-5-15(17-2)14(16)11-18-19/h7-11,15,17H,3-6H2,1-2H3. The van der Waals surface area contributed by atoms with E-state index >= 15 is 0 Å². The minimum atomic E-state index is 0.440. The summed E-state index contributed by atoms with van der Waals surface area (Å²) in [5, 5.41) is 7.96. The maximum Gasteiger partial charge on any atom is 0.119 e. The molecule has 1 heterocycles. The van der Waals surface area contributed by atoms with E-state index in [1.165, 1.54) is 24.1 Å². The molecule has 0 saturated heterocycles. The van der Waals surface area contributed by atoms with Crippen molar-refractivity contribution >= 4 is 0 Å². The Labute approximate surface area is 119 Å². The average molecular weight is 271 g/mol. The summed E-state index contributed by atoms with van der Waals surface area (Å²) in [6.45, 7) is 2.69. The number of rotatable bonds is 4. The van der Waals surface area contributed by atoms with Crippen LogP contribution >= 0.6 is 0 Å². The van der Waals surface area contributed by atoms with Crippen LogP contribution in [0.25, 0.3) is 5.69 Å². The molecule has 1 unspecified atom stereocenters. The zero-order valence-corrected chi connectivity index (χ0v) is 12.1. The Balaban J connectivity index is 1.93. The molecule has 4 heteroatoms. The highest BCUT2D eigenvalue weighted by atomic mass is 16.5. The van der Waals surface area contributed by atoms with Gasteiger partial charge in [0.15, 0.2) is 0 Å². The van der Waals surface area contributed by atoms with E-state index in [1.807, 2.05) is 32.3 Å². The Morgan fingerprint density at radius 1 is 1.35 bits per heavy atom. The number of nitrogens with zero attached hydrogens (tertiary/aromatic N) is 2. The highest BCUT2D eigenvalue weighted by molar-refractivity contribution is 5.40. The third-order valence-electron chi connectivity index (χ3n) is 3.92. The van der Waals surface area contributed by atoms with Gasteiger partial charge in [0, 0.05) is 17.3 Å². The number of hydrogen-bond acceptors (Lipinski definition) is 3. The molecule has 1 aliphatic carbocycles. The molecular formula is C16H21N3O. The van der Waals surface area contributed by atoms with E-state index in [0.717, 1.165) is 17.9 Å². The lowest BCUT2D eigenvalue weighted by atomic mass is 9.93. The van der Waals surface area contributed by atoms with Crippen molar-refractivity contribution in [3.05, 3.63) is 41.7 Å². The molecule has 0 spiro atoms. The van der Waals surface area contributed by atoms with Gasteiger partial charge in [0.1, 0.15) is 5.75 Å². The summed E-state index contributed by atoms with van der Waals surface area (Å²) in [6.07, 6.45) is 5.51. The Morgan fingerprint density at radius 3 is 2.85 bits per heavy atom. The van der Waals surface area contributed by atoms with Gasteiger partial charge in [0.05, 0.1) is 18.5 Å². The summed E-state index contributed by atoms with van der Waals surface area (Å²) in [7, 11) is 2.02. The number of hydrogen-bond donors (Lipinski definition) is 1. The first kappa shape index (κ1) is 13.2. The Bertz CT molecular complexity index is 574. The molecule has 1 N–H and O–H groups in total. The number of ether oxygens (including phenoxy) is 1. The molecule has 0 bridgehead atoms. The normalized spacial score (nSPS) is 17.8. The lowest BCUT2D eigenvalue weighted by molar-refractivity contribution is 0.340. The first-order valence-electron chi connectivity index (χ1n) is 7.30. The van der Waals surface area contributed by atoms with Gasteiger partial charge in [-0.15, -0.1) is 0 Å². The molecule has 0 fully saturated rings. The lowest BCUT2D eigenvalue weighted by Crippen LogP contribution is -2.21. The fourth-order valence-electron chi connectivity index (χ4n) is 2.93. The van der Waals surface area contributed by atoms with E-state index in [1.54, 1.807) is 0 Å². The minimum absolute atomic E-state index is 0.440. The Kier molecular flexibility index (Phi) is 3.74. The summed E-state index contributed by atoms with van der Waals surface area (Å²) < 4.78 is 7.55. The van der Waals surface area contributed by atoms with Crippen molar-refractivity contribution in [2.75, 3.05) is 13.7 Å². The van der Waals surface area contributed by atoms with E-state index in [4.69, 9.17) is 4.74 Å². The van der Waals surface area contributed by atoms with Crippen LogP contribution in [0, 0.1) is 0 Å². The Hall–Kier alpha value is -1.81. The number of aromatic nitrogens is 2. The molecule has 0 radical (unpaired) electrons. The van der Waals surface area contributed by atoms with Crippen molar-refractivity contribution in [3.63, 3.8) is 0 Å². The zero-order chi connectivity index (χ0) is 13.9. The molecule has 0 aliphatic heterocycles. The van der Waals surface area contributed by atoms with Crippen LogP contribution in [-0.2, 0) is 6.42 Å². The lowest BCUT2D eigenvalue weighted by Gasteiger charge is -2.22. The van der Waals surface area contributed by atoms with Crippen LogP contribution in [-0.4, -0.2) is 23.4 Å². The molecule has 1 aliphatic rings. The summed E-state index contributed by atoms with van der Waals surface area (Å²) in [5.41, 5.74) is 3.78. The van der Waals surface area contributed by atoms with Crippen LogP contribution in [0.3, 0.4) is 0 Å². The minimum Gasteiger partial charge on any atom is -0.494 e. The molecule has 1 atom stereocenters. The molecule has 1 aromatic carbocycles. The second kappa shape index (κ2) is 5.67. The molecule has 3 rings (SSSR count). The molecule has 1 aromatic heterocycles. The molecule has 2 aromatic rings. The average Bonchev–Trinajstić information content (AvgIpc) is 2.92. The predicted molar refractivity (Wildman–Crippen MR) is 79.5 cm³/mol. The van der Waals surface area contributed by atoms with Crippen molar-refractivity contribution in [1.82, 2.24) is 15.1 Å². The third-order valence-corrected chi connectivity index (χ3v) is 3.92. The second-order valence-corrected chi connectivity index (χ2v) is 5.12. The Morgan fingerprint density at radius 2 is 2.15 bits per heavy atom. The highest BCUT2D eigenvalue weighted by Crippen LogP contribution is 2.30. The summed E-state index contributed by atoms with van der Waals surface area (Å²) in [6, 6.07) is 8.59. The van der Waals surface area contributed by atoms with Crippen molar-refractivity contribution in [1.29, 1.82) is 0 Å². The van der Waals surface area contributed by atoms with Crippen LogP contribution in [0.15, 0.2) is 30.5 Å². The van der Waals surface area contributed by atoms with Gasteiger partial charge < -0.3 is 10.1 Å². The van der Waals surface area contributed by atoms with Gasteiger partial charge in [0.25, 0.3) is 0 Å². The van der Waals surface area contributed by atoms with E-state index in [9.17, 15) is 0 Å². The van der Waals surface area contributed by atoms with Gasteiger partial charge in [-0.3, -0.25) is 0 Å². The van der Waals surface area contributed by atoms with Crippen molar-refractivity contribution in [2.24, 2.45) is 0 Å². The summed E-state index contributed by atoms with van der Waals surface area (Å²) in [5.74, 6) is 0.908. The van der Waals surface area contributed by atoms with E-state index in [-0.39, 0.29) is 0 Å². The quantitative estimate of drug-likeness (QED) is 0.929. The summed E-state index contributed by atoms with van der Waals surface area (Å²) in [4.78, 5) is 0. The van der Waals surface area contributed by atoms with Crippen LogP contribution in [0.5, 0.6) is 5.75 Å². The fraction of sp³-hybridized carbons (Fsp3) is 0.438.